The Kier molecular flexibility index (Phi) is 3.37. The van der Waals surface area contributed by atoms with Crippen molar-refractivity contribution in [3.8, 4) is 5.75 Å². The zero-order valence-electron chi connectivity index (χ0n) is 10.6. The fraction of sp³-hybridized carbons (Fsp3) is 0.600. The molecule has 2 nitrogen and oxygen atoms in total. The van der Waals surface area contributed by atoms with Crippen molar-refractivity contribution in [3.63, 3.8) is 0 Å². The second-order valence-electron chi connectivity index (χ2n) is 5.77. The molecule has 0 radical (unpaired) electrons. The van der Waals surface area contributed by atoms with Crippen LogP contribution in [0.15, 0.2) is 22.7 Å². The van der Waals surface area contributed by atoms with Gasteiger partial charge in [0, 0.05) is 16.4 Å². The van der Waals surface area contributed by atoms with Gasteiger partial charge in [0.2, 0.25) is 0 Å². The molecule has 0 atom stereocenters. The third kappa shape index (κ3) is 2.43. The van der Waals surface area contributed by atoms with E-state index in [0.29, 0.717) is 0 Å². The minimum absolute atomic E-state index is 0.210. The summed E-state index contributed by atoms with van der Waals surface area (Å²) in [6.45, 7) is 1.61. The van der Waals surface area contributed by atoms with Crippen molar-refractivity contribution in [3.05, 3.63) is 28.2 Å². The van der Waals surface area contributed by atoms with Crippen LogP contribution in [0, 0.1) is 5.92 Å². The first kappa shape index (κ1) is 12.5. The Morgan fingerprint density at radius 1 is 1.28 bits per heavy atom. The van der Waals surface area contributed by atoms with Crippen LogP contribution in [-0.2, 0) is 5.41 Å². The molecule has 0 unspecified atom stereocenters. The van der Waals surface area contributed by atoms with Crippen molar-refractivity contribution in [2.45, 2.75) is 37.5 Å². The van der Waals surface area contributed by atoms with E-state index in [4.69, 9.17) is 10.5 Å². The lowest BCUT2D eigenvalue weighted by Gasteiger charge is -2.41. The van der Waals surface area contributed by atoms with Gasteiger partial charge in [0.1, 0.15) is 5.75 Å². The summed E-state index contributed by atoms with van der Waals surface area (Å²) < 4.78 is 6.99. The molecule has 0 bridgehead atoms. The second kappa shape index (κ2) is 4.86. The molecule has 2 saturated carbocycles. The standard InChI is InChI=1S/C15H20BrNO/c16-13-6-12(15(10-17)4-1-5-15)7-14(8-13)18-9-11-2-3-11/h6-8,11H,1-5,9-10,17H2. The van der Waals surface area contributed by atoms with Gasteiger partial charge in [-0.05, 0) is 55.4 Å². The maximum absolute atomic E-state index is 5.98. The summed E-state index contributed by atoms with van der Waals surface area (Å²) in [7, 11) is 0. The summed E-state index contributed by atoms with van der Waals surface area (Å²) in [6.07, 6.45) is 6.37. The molecule has 3 rings (SSSR count). The summed E-state index contributed by atoms with van der Waals surface area (Å²) in [5, 5.41) is 0. The first-order valence-electron chi connectivity index (χ1n) is 6.86. The van der Waals surface area contributed by atoms with Crippen LogP contribution >= 0.6 is 15.9 Å². The number of nitrogens with two attached hydrogens (primary N) is 1. The predicted octanol–water partition coefficient (Wildman–Crippen LogP) is 3.62. The molecule has 0 aliphatic heterocycles. The van der Waals surface area contributed by atoms with Crippen molar-refractivity contribution in [1.29, 1.82) is 0 Å². The second-order valence-corrected chi connectivity index (χ2v) is 6.68. The molecular weight excluding hydrogens is 290 g/mol. The van der Waals surface area contributed by atoms with Crippen LogP contribution in [0.4, 0.5) is 0 Å². The summed E-state index contributed by atoms with van der Waals surface area (Å²) in [5.74, 6) is 1.78. The van der Waals surface area contributed by atoms with E-state index in [1.54, 1.807) is 0 Å². The Labute approximate surface area is 117 Å². The first-order valence-corrected chi connectivity index (χ1v) is 7.65. The molecule has 1 aromatic carbocycles. The summed E-state index contributed by atoms with van der Waals surface area (Å²) in [6, 6.07) is 6.46. The van der Waals surface area contributed by atoms with Crippen LogP contribution in [0.25, 0.3) is 0 Å². The molecule has 2 aliphatic carbocycles. The Bertz CT molecular complexity index is 433. The van der Waals surface area contributed by atoms with E-state index in [1.165, 1.54) is 37.7 Å². The van der Waals surface area contributed by atoms with Gasteiger partial charge in [0.25, 0.3) is 0 Å². The SMILES string of the molecule is NCC1(c2cc(Br)cc(OCC3CC3)c2)CCC1. The lowest BCUT2D eigenvalue weighted by atomic mass is 9.64. The molecule has 2 N–H and O–H groups in total. The average Bonchev–Trinajstić information content (AvgIpc) is 3.09. The van der Waals surface area contributed by atoms with E-state index in [0.717, 1.165) is 29.3 Å². The maximum atomic E-state index is 5.98. The van der Waals surface area contributed by atoms with Crippen LogP contribution in [0.5, 0.6) is 5.75 Å². The van der Waals surface area contributed by atoms with Crippen LogP contribution < -0.4 is 10.5 Å². The summed E-state index contributed by atoms with van der Waals surface area (Å²) in [4.78, 5) is 0. The normalized spacial score (nSPS) is 21.4. The van der Waals surface area contributed by atoms with Gasteiger partial charge in [0.15, 0.2) is 0 Å². The third-order valence-corrected chi connectivity index (χ3v) is 4.83. The number of ether oxygens (including phenoxy) is 1. The van der Waals surface area contributed by atoms with Crippen molar-refractivity contribution < 1.29 is 4.74 Å². The smallest absolute Gasteiger partial charge is 0.120 e. The minimum Gasteiger partial charge on any atom is -0.493 e. The van der Waals surface area contributed by atoms with E-state index >= 15 is 0 Å². The van der Waals surface area contributed by atoms with Crippen molar-refractivity contribution >= 4 is 15.9 Å². The highest BCUT2D eigenvalue weighted by molar-refractivity contribution is 9.10. The van der Waals surface area contributed by atoms with Gasteiger partial charge in [-0.1, -0.05) is 22.4 Å². The lowest BCUT2D eigenvalue weighted by molar-refractivity contribution is 0.250. The van der Waals surface area contributed by atoms with Gasteiger partial charge in [-0.3, -0.25) is 0 Å². The highest BCUT2D eigenvalue weighted by Crippen LogP contribution is 2.44. The number of hydrogen-bond acceptors (Lipinski definition) is 2. The first-order chi connectivity index (χ1) is 8.72. The molecule has 18 heavy (non-hydrogen) atoms. The zero-order valence-corrected chi connectivity index (χ0v) is 12.2. The highest BCUT2D eigenvalue weighted by Gasteiger charge is 2.37. The topological polar surface area (TPSA) is 35.2 Å². The predicted molar refractivity (Wildman–Crippen MR) is 76.9 cm³/mol. The molecule has 0 spiro atoms. The minimum atomic E-state index is 0.210. The van der Waals surface area contributed by atoms with E-state index in [-0.39, 0.29) is 5.41 Å². The van der Waals surface area contributed by atoms with Crippen LogP contribution in [-0.4, -0.2) is 13.2 Å². The van der Waals surface area contributed by atoms with Crippen molar-refractivity contribution in [2.24, 2.45) is 11.7 Å². The quantitative estimate of drug-likeness (QED) is 0.901. The van der Waals surface area contributed by atoms with Gasteiger partial charge in [-0.15, -0.1) is 0 Å². The van der Waals surface area contributed by atoms with E-state index in [2.05, 4.69) is 34.1 Å². The van der Waals surface area contributed by atoms with E-state index in [1.807, 2.05) is 0 Å². The largest absolute Gasteiger partial charge is 0.493 e. The van der Waals surface area contributed by atoms with Gasteiger partial charge in [-0.25, -0.2) is 0 Å². The Balaban J connectivity index is 1.80. The monoisotopic (exact) mass is 309 g/mol. The fourth-order valence-electron chi connectivity index (χ4n) is 2.67. The molecule has 0 aromatic heterocycles. The summed E-state index contributed by atoms with van der Waals surface area (Å²) in [5.41, 5.74) is 7.53. The Hall–Kier alpha value is -0.540. The van der Waals surface area contributed by atoms with Crippen molar-refractivity contribution in [2.75, 3.05) is 13.2 Å². The molecule has 1 aromatic rings. The fourth-order valence-corrected chi connectivity index (χ4v) is 3.14. The molecule has 98 valence electrons. The molecule has 0 amide bonds. The van der Waals surface area contributed by atoms with Gasteiger partial charge < -0.3 is 10.5 Å². The number of halogens is 1. The van der Waals surface area contributed by atoms with Crippen LogP contribution in [0.1, 0.15) is 37.7 Å². The Morgan fingerprint density at radius 2 is 2.06 bits per heavy atom. The zero-order chi connectivity index (χ0) is 12.6. The number of hydrogen-bond donors (Lipinski definition) is 1. The highest BCUT2D eigenvalue weighted by atomic mass is 79.9. The number of rotatable bonds is 5. The molecule has 2 fully saturated rings. The molecule has 0 heterocycles. The van der Waals surface area contributed by atoms with E-state index in [9.17, 15) is 0 Å². The number of benzene rings is 1. The lowest BCUT2D eigenvalue weighted by Crippen LogP contribution is -2.41. The molecule has 3 heteroatoms. The Morgan fingerprint density at radius 3 is 2.61 bits per heavy atom. The molecule has 2 aliphatic rings. The maximum Gasteiger partial charge on any atom is 0.120 e. The molecule has 0 saturated heterocycles. The summed E-state index contributed by atoms with van der Waals surface area (Å²) >= 11 is 3.59. The van der Waals surface area contributed by atoms with Gasteiger partial charge in [-0.2, -0.15) is 0 Å². The average molecular weight is 310 g/mol. The van der Waals surface area contributed by atoms with Crippen LogP contribution in [0.3, 0.4) is 0 Å². The van der Waals surface area contributed by atoms with Gasteiger partial charge >= 0.3 is 0 Å². The third-order valence-electron chi connectivity index (χ3n) is 4.37. The van der Waals surface area contributed by atoms with Gasteiger partial charge in [0.05, 0.1) is 6.61 Å². The van der Waals surface area contributed by atoms with Crippen LogP contribution in [0.2, 0.25) is 0 Å². The van der Waals surface area contributed by atoms with E-state index < -0.39 is 0 Å². The molecular formula is C15H20BrNO. The van der Waals surface area contributed by atoms with Crippen molar-refractivity contribution in [1.82, 2.24) is 0 Å².